The summed E-state index contributed by atoms with van der Waals surface area (Å²) in [6.45, 7) is 3.90. The number of aliphatic hydroxyl groups is 2. The number of nitrogens with one attached hydrogen (secondary N) is 2. The van der Waals surface area contributed by atoms with Crippen LogP contribution in [-0.2, 0) is 19.0 Å². The molecule has 0 bridgehead atoms. The molecular weight excluding hydrogens is 280 g/mol. The Morgan fingerprint density at radius 2 is 1.95 bits per heavy atom. The van der Waals surface area contributed by atoms with Crippen LogP contribution in [0.25, 0.3) is 0 Å². The Kier molecular flexibility index (Phi) is 8.74. The summed E-state index contributed by atoms with van der Waals surface area (Å²) in [4.78, 5) is 11.0. The zero-order chi connectivity index (χ0) is 15.7. The van der Waals surface area contributed by atoms with E-state index in [1.165, 1.54) is 6.92 Å². The molecule has 21 heavy (non-hydrogen) atoms. The van der Waals surface area contributed by atoms with E-state index in [0.29, 0.717) is 19.8 Å². The first-order valence-corrected chi connectivity index (χ1v) is 7.11. The van der Waals surface area contributed by atoms with E-state index in [4.69, 9.17) is 14.2 Å². The quantitative estimate of drug-likeness (QED) is 0.360. The second-order valence-corrected chi connectivity index (χ2v) is 4.95. The van der Waals surface area contributed by atoms with Gasteiger partial charge in [-0.2, -0.15) is 0 Å². The molecular formula is C13H26N2O6. The fourth-order valence-electron chi connectivity index (χ4n) is 2.01. The zero-order valence-corrected chi connectivity index (χ0v) is 12.6. The zero-order valence-electron chi connectivity index (χ0n) is 12.6. The summed E-state index contributed by atoms with van der Waals surface area (Å²) < 4.78 is 16.1. The fourth-order valence-corrected chi connectivity index (χ4v) is 2.01. The van der Waals surface area contributed by atoms with Gasteiger partial charge in [0.1, 0.15) is 18.3 Å². The van der Waals surface area contributed by atoms with Crippen molar-refractivity contribution >= 4 is 5.91 Å². The molecule has 1 fully saturated rings. The standard InChI is InChI=1S/C13H26N2O6/c1-9(16)15-10-7-21-11(13(18)12(10)17)8-20-6-5-19-4-3-14-2/h10-14,17-18H,3-8H2,1-2H3,(H,15,16)/t10-,11?,12-,13+/m1/s1. The predicted molar refractivity (Wildman–Crippen MR) is 74.9 cm³/mol. The Morgan fingerprint density at radius 3 is 2.62 bits per heavy atom. The number of likely N-dealkylation sites (N-methyl/N-ethyl adjacent to an activating group) is 1. The smallest absolute Gasteiger partial charge is 0.217 e. The number of hydrogen-bond donors (Lipinski definition) is 4. The van der Waals surface area contributed by atoms with Crippen LogP contribution in [0.1, 0.15) is 6.92 Å². The molecule has 1 aliphatic heterocycles. The van der Waals surface area contributed by atoms with Crippen LogP contribution in [0, 0.1) is 0 Å². The van der Waals surface area contributed by atoms with E-state index in [2.05, 4.69) is 10.6 Å². The van der Waals surface area contributed by atoms with Gasteiger partial charge in [-0.1, -0.05) is 0 Å². The van der Waals surface area contributed by atoms with Crippen molar-refractivity contribution in [2.24, 2.45) is 0 Å². The molecule has 1 unspecified atom stereocenters. The summed E-state index contributed by atoms with van der Waals surface area (Å²) >= 11 is 0. The third-order valence-corrected chi connectivity index (χ3v) is 3.17. The summed E-state index contributed by atoms with van der Waals surface area (Å²) in [6, 6.07) is -0.598. The molecule has 4 atom stereocenters. The molecule has 0 radical (unpaired) electrons. The van der Waals surface area contributed by atoms with E-state index in [-0.39, 0.29) is 19.1 Å². The Hall–Kier alpha value is -0.770. The van der Waals surface area contributed by atoms with E-state index in [9.17, 15) is 15.0 Å². The summed E-state index contributed by atoms with van der Waals surface area (Å²) in [6.07, 6.45) is -2.77. The van der Waals surface area contributed by atoms with Crippen molar-refractivity contribution in [3.05, 3.63) is 0 Å². The highest BCUT2D eigenvalue weighted by Gasteiger charge is 2.38. The summed E-state index contributed by atoms with van der Waals surface area (Å²) in [7, 11) is 1.85. The van der Waals surface area contributed by atoms with Crippen molar-refractivity contribution in [1.29, 1.82) is 0 Å². The molecule has 1 aliphatic rings. The maximum atomic E-state index is 11.0. The van der Waals surface area contributed by atoms with E-state index in [1.54, 1.807) is 0 Å². The van der Waals surface area contributed by atoms with Crippen LogP contribution < -0.4 is 10.6 Å². The Morgan fingerprint density at radius 1 is 1.24 bits per heavy atom. The van der Waals surface area contributed by atoms with Crippen LogP contribution in [0.3, 0.4) is 0 Å². The van der Waals surface area contributed by atoms with Gasteiger partial charge < -0.3 is 35.1 Å². The lowest BCUT2D eigenvalue weighted by atomic mass is 9.98. The highest BCUT2D eigenvalue weighted by molar-refractivity contribution is 5.73. The van der Waals surface area contributed by atoms with Crippen LogP contribution in [0.2, 0.25) is 0 Å². The lowest BCUT2D eigenvalue weighted by Crippen LogP contribution is -2.59. The van der Waals surface area contributed by atoms with Crippen molar-refractivity contribution in [2.45, 2.75) is 31.3 Å². The van der Waals surface area contributed by atoms with E-state index in [0.717, 1.165) is 6.54 Å². The first-order chi connectivity index (χ1) is 10.1. The number of carbonyl (C=O) groups excluding carboxylic acids is 1. The number of amides is 1. The third kappa shape index (κ3) is 6.68. The van der Waals surface area contributed by atoms with Crippen molar-refractivity contribution in [1.82, 2.24) is 10.6 Å². The lowest BCUT2D eigenvalue weighted by molar-refractivity contribution is -0.171. The number of hydrogen-bond acceptors (Lipinski definition) is 7. The van der Waals surface area contributed by atoms with Crippen LogP contribution in [-0.4, -0.2) is 87.1 Å². The highest BCUT2D eigenvalue weighted by Crippen LogP contribution is 2.16. The van der Waals surface area contributed by atoms with Gasteiger partial charge in [-0.3, -0.25) is 4.79 Å². The number of ether oxygens (including phenoxy) is 3. The first kappa shape index (κ1) is 18.3. The summed E-state index contributed by atoms with van der Waals surface area (Å²) in [5, 5.41) is 25.4. The molecule has 0 spiro atoms. The first-order valence-electron chi connectivity index (χ1n) is 7.11. The maximum absolute atomic E-state index is 11.0. The second-order valence-electron chi connectivity index (χ2n) is 4.95. The minimum absolute atomic E-state index is 0.143. The Labute approximate surface area is 124 Å². The van der Waals surface area contributed by atoms with Crippen molar-refractivity contribution in [3.63, 3.8) is 0 Å². The normalized spacial score (nSPS) is 29.3. The van der Waals surface area contributed by atoms with Gasteiger partial charge in [0, 0.05) is 13.5 Å². The molecule has 1 amide bonds. The van der Waals surface area contributed by atoms with Crippen LogP contribution in [0.5, 0.6) is 0 Å². The van der Waals surface area contributed by atoms with E-state index < -0.39 is 24.4 Å². The Bertz CT molecular complexity index is 304. The molecule has 1 rings (SSSR count). The van der Waals surface area contributed by atoms with Gasteiger partial charge in [-0.15, -0.1) is 0 Å². The van der Waals surface area contributed by atoms with Crippen molar-refractivity contribution in [3.8, 4) is 0 Å². The number of carbonyl (C=O) groups is 1. The molecule has 0 aliphatic carbocycles. The predicted octanol–water partition coefficient (Wildman–Crippen LogP) is -2.14. The van der Waals surface area contributed by atoms with Gasteiger partial charge in [0.15, 0.2) is 0 Å². The minimum Gasteiger partial charge on any atom is -0.388 e. The molecule has 1 saturated heterocycles. The average molecular weight is 306 g/mol. The topological polar surface area (TPSA) is 109 Å². The number of rotatable bonds is 9. The molecule has 8 heteroatoms. The molecule has 0 aromatic rings. The van der Waals surface area contributed by atoms with Gasteiger partial charge in [-0.25, -0.2) is 0 Å². The van der Waals surface area contributed by atoms with Gasteiger partial charge in [0.25, 0.3) is 0 Å². The highest BCUT2D eigenvalue weighted by atomic mass is 16.6. The monoisotopic (exact) mass is 306 g/mol. The Balaban J connectivity index is 2.18. The minimum atomic E-state index is -1.10. The molecule has 8 nitrogen and oxygen atoms in total. The maximum Gasteiger partial charge on any atom is 0.217 e. The van der Waals surface area contributed by atoms with E-state index >= 15 is 0 Å². The van der Waals surface area contributed by atoms with Gasteiger partial charge in [0.05, 0.1) is 39.1 Å². The van der Waals surface area contributed by atoms with Crippen LogP contribution >= 0.6 is 0 Å². The van der Waals surface area contributed by atoms with Gasteiger partial charge >= 0.3 is 0 Å². The molecule has 124 valence electrons. The summed E-state index contributed by atoms with van der Waals surface area (Å²) in [5.41, 5.74) is 0. The van der Waals surface area contributed by atoms with Gasteiger partial charge in [0.2, 0.25) is 5.91 Å². The second kappa shape index (κ2) is 10.0. The molecule has 0 saturated carbocycles. The molecule has 1 heterocycles. The molecule has 0 aromatic carbocycles. The van der Waals surface area contributed by atoms with Gasteiger partial charge in [-0.05, 0) is 7.05 Å². The third-order valence-electron chi connectivity index (χ3n) is 3.17. The number of aliphatic hydroxyl groups excluding tert-OH is 2. The average Bonchev–Trinajstić information content (AvgIpc) is 2.44. The largest absolute Gasteiger partial charge is 0.388 e. The SMILES string of the molecule is CNCCOCCOCC1OC[C@@H](NC(C)=O)[C@@H](O)[C@H]1O. The molecule has 0 aromatic heterocycles. The van der Waals surface area contributed by atoms with Crippen molar-refractivity contribution in [2.75, 3.05) is 46.6 Å². The molecule has 4 N–H and O–H groups in total. The van der Waals surface area contributed by atoms with Crippen LogP contribution in [0.15, 0.2) is 0 Å². The lowest BCUT2D eigenvalue weighted by Gasteiger charge is -2.37. The van der Waals surface area contributed by atoms with Crippen molar-refractivity contribution < 1.29 is 29.2 Å². The summed E-state index contributed by atoms with van der Waals surface area (Å²) in [5.74, 6) is -0.275. The van der Waals surface area contributed by atoms with Crippen LogP contribution in [0.4, 0.5) is 0 Å². The van der Waals surface area contributed by atoms with E-state index in [1.807, 2.05) is 7.05 Å². The fraction of sp³-hybridized carbons (Fsp3) is 0.923.